The van der Waals surface area contributed by atoms with Crippen molar-refractivity contribution in [2.45, 2.75) is 24.8 Å². The number of halogens is 6. The quantitative estimate of drug-likeness (QED) is 0.683. The third kappa shape index (κ3) is 5.88. The molecule has 2 amide bonds. The maximum atomic E-state index is 13.0. The molecule has 0 unspecified atom stereocenters. The van der Waals surface area contributed by atoms with Crippen LogP contribution < -0.4 is 15.8 Å². The average molecular weight is 434 g/mol. The van der Waals surface area contributed by atoms with E-state index in [0.29, 0.717) is 11.3 Å². The minimum absolute atomic E-state index is 0.0975. The van der Waals surface area contributed by atoms with Crippen LogP contribution in [0.2, 0.25) is 0 Å². The van der Waals surface area contributed by atoms with Crippen LogP contribution in [-0.4, -0.2) is 25.0 Å². The fourth-order valence-electron chi connectivity index (χ4n) is 2.55. The second kappa shape index (κ2) is 8.64. The van der Waals surface area contributed by atoms with Gasteiger partial charge in [-0.1, -0.05) is 12.1 Å². The number of hydrogen-bond acceptors (Lipinski definition) is 3. The van der Waals surface area contributed by atoms with Gasteiger partial charge in [0, 0.05) is 12.0 Å². The topological polar surface area (TPSA) is 81.4 Å². The molecule has 1 atom stereocenters. The van der Waals surface area contributed by atoms with Crippen LogP contribution in [0.25, 0.3) is 0 Å². The lowest BCUT2D eigenvalue weighted by atomic mass is 10.0. The van der Waals surface area contributed by atoms with E-state index in [4.69, 9.17) is 10.5 Å². The molecule has 2 rings (SSSR count). The Morgan fingerprint density at radius 2 is 1.47 bits per heavy atom. The average Bonchev–Trinajstić information content (AvgIpc) is 2.66. The summed E-state index contributed by atoms with van der Waals surface area (Å²) >= 11 is 0. The Morgan fingerprint density at radius 3 is 1.87 bits per heavy atom. The van der Waals surface area contributed by atoms with Crippen LogP contribution in [0, 0.1) is 0 Å². The fraction of sp³-hybridized carbons (Fsp3) is 0.263. The standard InChI is InChI=1S/C19H16F6N2O3/c1-30-14-4-2-10(3-5-14)6-15(16(26)28)27-17(29)11-7-12(18(20,21)22)9-13(8-11)19(23,24)25/h2-5,7-9,15H,6H2,1H3,(H2,26,28)(H,27,29)/t15-/m1/s1. The number of alkyl halides is 6. The van der Waals surface area contributed by atoms with Crippen molar-refractivity contribution >= 4 is 11.8 Å². The number of carbonyl (C=O) groups is 2. The fourth-order valence-corrected chi connectivity index (χ4v) is 2.55. The molecule has 3 N–H and O–H groups in total. The van der Waals surface area contributed by atoms with Crippen LogP contribution in [0.15, 0.2) is 42.5 Å². The maximum Gasteiger partial charge on any atom is 0.416 e. The number of primary amides is 1. The van der Waals surface area contributed by atoms with Gasteiger partial charge in [-0.3, -0.25) is 9.59 Å². The van der Waals surface area contributed by atoms with Gasteiger partial charge in [0.25, 0.3) is 5.91 Å². The first kappa shape index (κ1) is 23.0. The van der Waals surface area contributed by atoms with Crippen LogP contribution in [0.5, 0.6) is 5.75 Å². The molecule has 0 aliphatic heterocycles. The molecule has 0 aromatic heterocycles. The van der Waals surface area contributed by atoms with Gasteiger partial charge >= 0.3 is 12.4 Å². The Hall–Kier alpha value is -3.24. The van der Waals surface area contributed by atoms with E-state index >= 15 is 0 Å². The summed E-state index contributed by atoms with van der Waals surface area (Å²) in [6, 6.07) is 5.34. The van der Waals surface area contributed by atoms with E-state index in [1.165, 1.54) is 7.11 Å². The summed E-state index contributed by atoms with van der Waals surface area (Å²) in [7, 11) is 1.44. The Bertz CT molecular complexity index is 891. The third-order valence-electron chi connectivity index (χ3n) is 4.10. The normalized spacial score (nSPS) is 12.9. The number of hydrogen-bond donors (Lipinski definition) is 2. The first-order chi connectivity index (χ1) is 13.8. The smallest absolute Gasteiger partial charge is 0.416 e. The third-order valence-corrected chi connectivity index (χ3v) is 4.10. The van der Waals surface area contributed by atoms with E-state index in [9.17, 15) is 35.9 Å². The monoisotopic (exact) mass is 434 g/mol. The van der Waals surface area contributed by atoms with E-state index in [1.807, 2.05) is 0 Å². The first-order valence-electron chi connectivity index (χ1n) is 8.34. The van der Waals surface area contributed by atoms with Crippen LogP contribution in [-0.2, 0) is 23.6 Å². The number of nitrogens with two attached hydrogens (primary N) is 1. The van der Waals surface area contributed by atoms with Gasteiger partial charge in [-0.15, -0.1) is 0 Å². The van der Waals surface area contributed by atoms with Crippen molar-refractivity contribution < 1.29 is 40.7 Å². The molecule has 0 bridgehead atoms. The van der Waals surface area contributed by atoms with E-state index in [0.717, 1.165) is 0 Å². The highest BCUT2D eigenvalue weighted by atomic mass is 19.4. The van der Waals surface area contributed by atoms with Gasteiger partial charge in [0.15, 0.2) is 0 Å². The van der Waals surface area contributed by atoms with Crippen molar-refractivity contribution in [3.63, 3.8) is 0 Å². The Labute approximate surface area is 166 Å². The molecule has 0 aliphatic carbocycles. The van der Waals surface area contributed by atoms with E-state index in [1.54, 1.807) is 24.3 Å². The van der Waals surface area contributed by atoms with Crippen molar-refractivity contribution in [1.82, 2.24) is 5.32 Å². The summed E-state index contributed by atoms with van der Waals surface area (Å²) in [5.41, 5.74) is 1.56. The van der Waals surface area contributed by atoms with Gasteiger partial charge in [-0.25, -0.2) is 0 Å². The number of amides is 2. The molecule has 2 aromatic rings. The maximum absolute atomic E-state index is 13.0. The summed E-state index contributed by atoms with van der Waals surface area (Å²) in [5, 5.41) is 2.09. The zero-order valence-corrected chi connectivity index (χ0v) is 15.4. The van der Waals surface area contributed by atoms with Gasteiger partial charge < -0.3 is 15.8 Å². The summed E-state index contributed by atoms with van der Waals surface area (Å²) in [5.74, 6) is -1.80. The Morgan fingerprint density at radius 1 is 0.967 bits per heavy atom. The largest absolute Gasteiger partial charge is 0.497 e. The van der Waals surface area contributed by atoms with E-state index in [2.05, 4.69) is 5.32 Å². The van der Waals surface area contributed by atoms with Gasteiger partial charge in [0.2, 0.25) is 5.91 Å². The number of nitrogens with one attached hydrogen (secondary N) is 1. The zero-order valence-electron chi connectivity index (χ0n) is 15.4. The highest BCUT2D eigenvalue weighted by Gasteiger charge is 2.37. The molecule has 0 fully saturated rings. The number of carbonyl (C=O) groups excluding carboxylic acids is 2. The van der Waals surface area contributed by atoms with Crippen LogP contribution in [0.1, 0.15) is 27.0 Å². The van der Waals surface area contributed by atoms with E-state index < -0.39 is 46.9 Å². The summed E-state index contributed by atoms with van der Waals surface area (Å²) in [4.78, 5) is 24.0. The molecule has 162 valence electrons. The molecular formula is C19H16F6N2O3. The molecule has 0 saturated carbocycles. The predicted molar refractivity (Wildman–Crippen MR) is 93.6 cm³/mol. The van der Waals surface area contributed by atoms with Crippen molar-refractivity contribution in [1.29, 1.82) is 0 Å². The van der Waals surface area contributed by atoms with Crippen LogP contribution in [0.4, 0.5) is 26.3 Å². The first-order valence-corrected chi connectivity index (χ1v) is 8.34. The van der Waals surface area contributed by atoms with Gasteiger partial charge in [-0.2, -0.15) is 26.3 Å². The second-order valence-corrected chi connectivity index (χ2v) is 6.28. The minimum Gasteiger partial charge on any atom is -0.497 e. The number of benzene rings is 2. The summed E-state index contributed by atoms with van der Waals surface area (Å²) in [6.45, 7) is 0. The Kier molecular flexibility index (Phi) is 6.63. The Balaban J connectivity index is 2.31. The van der Waals surface area contributed by atoms with Crippen LogP contribution >= 0.6 is 0 Å². The van der Waals surface area contributed by atoms with Crippen molar-refractivity contribution in [3.05, 3.63) is 64.7 Å². The van der Waals surface area contributed by atoms with Crippen LogP contribution in [0.3, 0.4) is 0 Å². The molecule has 2 aromatic carbocycles. The van der Waals surface area contributed by atoms with Crippen molar-refractivity contribution in [2.75, 3.05) is 7.11 Å². The second-order valence-electron chi connectivity index (χ2n) is 6.28. The number of ether oxygens (including phenoxy) is 1. The molecule has 0 aliphatic rings. The number of rotatable bonds is 6. The molecule has 0 heterocycles. The summed E-state index contributed by atoms with van der Waals surface area (Å²) < 4.78 is 82.7. The predicted octanol–water partition coefficient (Wildman–Crippen LogP) is 3.56. The lowest BCUT2D eigenvalue weighted by molar-refractivity contribution is -0.143. The summed E-state index contributed by atoms with van der Waals surface area (Å²) in [6.07, 6.45) is -10.3. The molecule has 30 heavy (non-hydrogen) atoms. The zero-order chi connectivity index (χ0) is 22.7. The van der Waals surface area contributed by atoms with Gasteiger partial charge in [0.05, 0.1) is 18.2 Å². The SMILES string of the molecule is COc1ccc(C[C@@H](NC(=O)c2cc(C(F)(F)F)cc(C(F)(F)F)c2)C(N)=O)cc1. The van der Waals surface area contributed by atoms with Crippen molar-refractivity contribution in [2.24, 2.45) is 5.73 Å². The molecule has 5 nitrogen and oxygen atoms in total. The number of methoxy groups -OCH3 is 1. The highest BCUT2D eigenvalue weighted by molar-refractivity contribution is 5.97. The lowest BCUT2D eigenvalue weighted by Crippen LogP contribution is -2.46. The highest BCUT2D eigenvalue weighted by Crippen LogP contribution is 2.36. The van der Waals surface area contributed by atoms with Crippen molar-refractivity contribution in [3.8, 4) is 5.75 Å². The molecule has 11 heteroatoms. The van der Waals surface area contributed by atoms with E-state index in [-0.39, 0.29) is 24.6 Å². The molecule has 0 spiro atoms. The minimum atomic E-state index is -5.11. The molecule has 0 saturated heterocycles. The lowest BCUT2D eigenvalue weighted by Gasteiger charge is -2.18. The van der Waals surface area contributed by atoms with Gasteiger partial charge in [0.1, 0.15) is 11.8 Å². The molecule has 0 radical (unpaired) electrons. The molecular weight excluding hydrogens is 418 g/mol. The van der Waals surface area contributed by atoms with Gasteiger partial charge in [-0.05, 0) is 35.9 Å².